The summed E-state index contributed by atoms with van der Waals surface area (Å²) in [5.41, 5.74) is 1.28. The summed E-state index contributed by atoms with van der Waals surface area (Å²) in [6, 6.07) is 5.69. The van der Waals surface area contributed by atoms with Crippen LogP contribution >= 0.6 is 15.9 Å². The number of nitrogens with one attached hydrogen (secondary N) is 1. The zero-order valence-electron chi connectivity index (χ0n) is 15.6. The van der Waals surface area contributed by atoms with Crippen LogP contribution in [0.3, 0.4) is 0 Å². The summed E-state index contributed by atoms with van der Waals surface area (Å²) in [7, 11) is 1.62. The van der Waals surface area contributed by atoms with E-state index in [1.807, 2.05) is 30.2 Å². The van der Waals surface area contributed by atoms with Crippen LogP contribution in [0.5, 0.6) is 0 Å². The van der Waals surface area contributed by atoms with Crippen LogP contribution < -0.4 is 5.32 Å². The first-order valence-electron chi connectivity index (χ1n) is 8.87. The first kappa shape index (κ1) is 19.9. The van der Waals surface area contributed by atoms with Crippen LogP contribution in [-0.2, 0) is 19.1 Å². The summed E-state index contributed by atoms with van der Waals surface area (Å²) >= 11 is 3.45. The number of hydrogen-bond acceptors (Lipinski definition) is 6. The van der Waals surface area contributed by atoms with Crippen molar-refractivity contribution in [2.45, 2.75) is 32.2 Å². The summed E-state index contributed by atoms with van der Waals surface area (Å²) in [4.78, 5) is 30.4. The van der Waals surface area contributed by atoms with E-state index in [-0.39, 0.29) is 12.5 Å². The first-order valence-corrected chi connectivity index (χ1v) is 9.67. The van der Waals surface area contributed by atoms with Crippen molar-refractivity contribution in [3.05, 3.63) is 39.6 Å². The third-order valence-corrected chi connectivity index (χ3v) is 5.49. The van der Waals surface area contributed by atoms with Gasteiger partial charge in [0.05, 0.1) is 19.3 Å². The van der Waals surface area contributed by atoms with Crippen molar-refractivity contribution in [3.8, 4) is 0 Å². The van der Waals surface area contributed by atoms with E-state index >= 15 is 0 Å². The summed E-state index contributed by atoms with van der Waals surface area (Å²) in [6.07, 6.45) is 0.332. The number of ether oxygens (including phenoxy) is 2. The number of halogens is 1. The van der Waals surface area contributed by atoms with E-state index in [2.05, 4.69) is 21.2 Å². The Morgan fingerprint density at radius 1 is 1.33 bits per heavy atom. The number of hydroxylamine groups is 2. The number of carbonyl (C=O) groups is 2. The third kappa shape index (κ3) is 3.88. The third-order valence-electron chi connectivity index (χ3n) is 4.99. The van der Waals surface area contributed by atoms with Crippen molar-refractivity contribution in [2.24, 2.45) is 0 Å². The highest BCUT2D eigenvalue weighted by atomic mass is 79.9. The predicted molar refractivity (Wildman–Crippen MR) is 103 cm³/mol. The van der Waals surface area contributed by atoms with Crippen LogP contribution in [0.25, 0.3) is 5.57 Å². The molecule has 27 heavy (non-hydrogen) atoms. The Balaban J connectivity index is 2.08. The average Bonchev–Trinajstić information content (AvgIpc) is 2.89. The Kier molecular flexibility index (Phi) is 5.88. The van der Waals surface area contributed by atoms with E-state index in [1.165, 1.54) is 0 Å². The molecule has 0 atom stereocenters. The lowest BCUT2D eigenvalue weighted by atomic mass is 9.85. The van der Waals surface area contributed by atoms with Gasteiger partial charge in [-0.1, -0.05) is 22.0 Å². The molecule has 1 saturated heterocycles. The molecule has 1 aromatic rings. The highest BCUT2D eigenvalue weighted by molar-refractivity contribution is 9.10. The second-order valence-electron chi connectivity index (χ2n) is 6.60. The van der Waals surface area contributed by atoms with Crippen molar-refractivity contribution in [3.63, 3.8) is 0 Å². The van der Waals surface area contributed by atoms with Gasteiger partial charge in [-0.25, -0.2) is 4.79 Å². The molecule has 146 valence electrons. The fraction of sp³-hybridized carbons (Fsp3) is 0.474. The minimum absolute atomic E-state index is 0.198. The number of aryl methyl sites for hydroxylation is 1. The molecule has 2 aliphatic heterocycles. The second kappa shape index (κ2) is 8.00. The summed E-state index contributed by atoms with van der Waals surface area (Å²) in [5, 5.41) is 4.88. The zero-order valence-corrected chi connectivity index (χ0v) is 17.2. The first-order chi connectivity index (χ1) is 12.9. The predicted octanol–water partition coefficient (Wildman–Crippen LogP) is 3.17. The quantitative estimate of drug-likeness (QED) is 0.727. The molecular formula is C19H23BrN2O5. The topological polar surface area (TPSA) is 77.1 Å². The van der Waals surface area contributed by atoms with Gasteiger partial charge in [0.15, 0.2) is 5.76 Å². The Labute approximate surface area is 166 Å². The zero-order chi connectivity index (χ0) is 19.6. The summed E-state index contributed by atoms with van der Waals surface area (Å²) in [6.45, 7) is 5.04. The molecule has 0 saturated carbocycles. The van der Waals surface area contributed by atoms with Gasteiger partial charge in [-0.15, -0.1) is 0 Å². The number of piperidine rings is 1. The van der Waals surface area contributed by atoms with Crippen LogP contribution in [0, 0.1) is 6.92 Å². The monoisotopic (exact) mass is 438 g/mol. The summed E-state index contributed by atoms with van der Waals surface area (Å²) in [5.74, 6) is 0.0873. The van der Waals surface area contributed by atoms with Gasteiger partial charge in [0.25, 0.3) is 5.91 Å². The molecule has 1 spiro atoms. The lowest BCUT2D eigenvalue weighted by Crippen LogP contribution is -2.53. The lowest BCUT2D eigenvalue weighted by molar-refractivity contribution is -0.152. The molecule has 1 fully saturated rings. The molecule has 0 aromatic heterocycles. The van der Waals surface area contributed by atoms with E-state index < -0.39 is 11.7 Å². The number of rotatable bonds is 4. The molecule has 2 heterocycles. The molecule has 1 aromatic carbocycles. The normalized spacial score (nSPS) is 19.3. The minimum atomic E-state index is -0.803. The molecule has 1 N–H and O–H groups in total. The van der Waals surface area contributed by atoms with E-state index in [9.17, 15) is 9.59 Å². The number of benzene rings is 1. The molecule has 3 rings (SSSR count). The van der Waals surface area contributed by atoms with E-state index in [4.69, 9.17) is 14.3 Å². The molecule has 7 nitrogen and oxygen atoms in total. The van der Waals surface area contributed by atoms with Crippen LogP contribution in [0.2, 0.25) is 0 Å². The van der Waals surface area contributed by atoms with E-state index in [1.54, 1.807) is 14.0 Å². The Hall–Kier alpha value is -1.90. The molecule has 0 bridgehead atoms. The highest BCUT2D eigenvalue weighted by Crippen LogP contribution is 2.42. The van der Waals surface area contributed by atoms with Gasteiger partial charge in [-0.3, -0.25) is 4.79 Å². The molecular weight excluding hydrogens is 416 g/mol. The number of amides is 1. The molecule has 1 amide bonds. The van der Waals surface area contributed by atoms with E-state index in [0.717, 1.165) is 15.6 Å². The van der Waals surface area contributed by atoms with Gasteiger partial charge in [0.1, 0.15) is 5.54 Å². The van der Waals surface area contributed by atoms with Crippen molar-refractivity contribution in [1.29, 1.82) is 0 Å². The fourth-order valence-electron chi connectivity index (χ4n) is 3.57. The Bertz CT molecular complexity index is 784. The van der Waals surface area contributed by atoms with E-state index in [0.29, 0.717) is 37.3 Å². The molecule has 0 aliphatic carbocycles. The maximum Gasteiger partial charge on any atom is 0.513 e. The smallest absolute Gasteiger partial charge is 0.434 e. The van der Waals surface area contributed by atoms with Crippen molar-refractivity contribution in [1.82, 2.24) is 10.4 Å². The van der Waals surface area contributed by atoms with Crippen LogP contribution in [0.15, 0.2) is 28.4 Å². The second-order valence-corrected chi connectivity index (χ2v) is 7.51. The average molecular weight is 439 g/mol. The van der Waals surface area contributed by atoms with Crippen molar-refractivity contribution >= 4 is 33.6 Å². The van der Waals surface area contributed by atoms with Gasteiger partial charge < -0.3 is 19.6 Å². The standard InChI is InChI=1S/C19H23BrN2O5/c1-4-26-18(24)27-16-15(14-11-13(20)6-5-12(14)2)17(23)21-19(16)7-9-22(25-3)10-8-19/h5-6,11H,4,7-10H2,1-3H3,(H,21,23). The number of nitrogens with zero attached hydrogens (tertiary/aromatic N) is 1. The Morgan fingerprint density at radius 2 is 2.04 bits per heavy atom. The van der Waals surface area contributed by atoms with Crippen LogP contribution in [-0.4, -0.2) is 49.5 Å². The molecule has 2 aliphatic rings. The highest BCUT2D eigenvalue weighted by Gasteiger charge is 2.50. The number of carbonyl (C=O) groups excluding carboxylic acids is 2. The molecule has 0 radical (unpaired) electrons. The van der Waals surface area contributed by atoms with Gasteiger partial charge in [0, 0.05) is 17.6 Å². The largest absolute Gasteiger partial charge is 0.513 e. The SMILES string of the molecule is CCOC(=O)OC1=C(c2cc(Br)ccc2C)C(=O)NC12CCN(OC)CC2. The number of hydrogen-bond donors (Lipinski definition) is 1. The van der Waals surface area contributed by atoms with Crippen LogP contribution in [0.4, 0.5) is 4.79 Å². The van der Waals surface area contributed by atoms with Crippen molar-refractivity contribution < 1.29 is 23.9 Å². The van der Waals surface area contributed by atoms with Gasteiger partial charge in [-0.05, 0) is 49.9 Å². The van der Waals surface area contributed by atoms with Gasteiger partial charge in [0.2, 0.25) is 0 Å². The fourth-order valence-corrected chi connectivity index (χ4v) is 3.93. The van der Waals surface area contributed by atoms with Crippen LogP contribution in [0.1, 0.15) is 30.9 Å². The minimum Gasteiger partial charge on any atom is -0.434 e. The van der Waals surface area contributed by atoms with Crippen molar-refractivity contribution in [2.75, 3.05) is 26.8 Å². The molecule has 8 heteroatoms. The Morgan fingerprint density at radius 3 is 2.67 bits per heavy atom. The van der Waals surface area contributed by atoms with Gasteiger partial charge >= 0.3 is 6.16 Å². The molecule has 0 unspecified atom stereocenters. The maximum atomic E-state index is 13.0. The summed E-state index contributed by atoms with van der Waals surface area (Å²) < 4.78 is 11.4. The van der Waals surface area contributed by atoms with Gasteiger partial charge in [-0.2, -0.15) is 5.06 Å². The lowest BCUT2D eigenvalue weighted by Gasteiger charge is -2.38. The maximum absolute atomic E-state index is 13.0.